The summed E-state index contributed by atoms with van der Waals surface area (Å²) >= 11 is 0. The van der Waals surface area contributed by atoms with Gasteiger partial charge >= 0.3 is 6.03 Å². The smallest absolute Gasteiger partial charge is 0.321 e. The number of benzene rings is 1. The van der Waals surface area contributed by atoms with Gasteiger partial charge in [0.05, 0.1) is 18.1 Å². The maximum atomic E-state index is 12.4. The number of urea groups is 1. The lowest BCUT2D eigenvalue weighted by molar-refractivity contribution is 0.00419. The van der Waals surface area contributed by atoms with Gasteiger partial charge in [0.25, 0.3) is 0 Å². The Kier molecular flexibility index (Phi) is 5.61. The molecule has 2 aliphatic rings. The molecule has 0 radical (unpaired) electrons. The van der Waals surface area contributed by atoms with E-state index < -0.39 is 9.84 Å². The zero-order valence-electron chi connectivity index (χ0n) is 14.5. The summed E-state index contributed by atoms with van der Waals surface area (Å²) in [6, 6.07) is 6.66. The van der Waals surface area contributed by atoms with Crippen LogP contribution in [0.2, 0.25) is 0 Å². The molecule has 0 aromatic heterocycles. The molecule has 0 unspecified atom stereocenters. The molecule has 1 N–H and O–H groups in total. The minimum atomic E-state index is -3.22. The van der Waals surface area contributed by atoms with Crippen molar-refractivity contribution >= 4 is 21.6 Å². The fourth-order valence-electron chi connectivity index (χ4n) is 3.36. The van der Waals surface area contributed by atoms with Gasteiger partial charge in [-0.15, -0.1) is 0 Å². The molecule has 2 heterocycles. The van der Waals surface area contributed by atoms with Gasteiger partial charge in [-0.05, 0) is 37.1 Å². The number of likely N-dealkylation sites (tertiary alicyclic amines) is 1. The highest BCUT2D eigenvalue weighted by Gasteiger charge is 2.27. The number of piperidine rings is 1. The van der Waals surface area contributed by atoms with E-state index in [-0.39, 0.29) is 10.9 Å². The van der Waals surface area contributed by atoms with Crippen LogP contribution in [0, 0.1) is 0 Å². The quantitative estimate of drug-likeness (QED) is 0.874. The number of morpholine rings is 1. The Hall–Kier alpha value is -1.64. The summed E-state index contributed by atoms with van der Waals surface area (Å²) in [4.78, 5) is 16.9. The molecule has 2 aliphatic heterocycles. The Balaban J connectivity index is 1.51. The average molecular weight is 367 g/mol. The van der Waals surface area contributed by atoms with Crippen molar-refractivity contribution in [2.45, 2.75) is 23.8 Å². The van der Waals surface area contributed by atoms with Gasteiger partial charge in [-0.25, -0.2) is 13.2 Å². The number of ether oxygens (including phenoxy) is 1. The molecule has 0 atom stereocenters. The number of amides is 2. The lowest BCUT2D eigenvalue weighted by atomic mass is 10.0. The molecule has 0 bridgehead atoms. The molecule has 25 heavy (non-hydrogen) atoms. The van der Waals surface area contributed by atoms with Crippen LogP contribution in [-0.4, -0.2) is 75.9 Å². The van der Waals surface area contributed by atoms with E-state index in [0.717, 1.165) is 52.2 Å². The van der Waals surface area contributed by atoms with Crippen LogP contribution in [0.25, 0.3) is 0 Å². The lowest BCUT2D eigenvalue weighted by Gasteiger charge is -2.40. The number of hydrogen-bond acceptors (Lipinski definition) is 5. The van der Waals surface area contributed by atoms with Crippen LogP contribution >= 0.6 is 0 Å². The van der Waals surface area contributed by atoms with Gasteiger partial charge in [0.1, 0.15) is 0 Å². The van der Waals surface area contributed by atoms with E-state index in [1.807, 2.05) is 4.90 Å². The first-order chi connectivity index (χ1) is 11.9. The number of nitrogens with one attached hydrogen (secondary N) is 1. The molecular weight excluding hydrogens is 342 g/mol. The number of carbonyl (C=O) groups excluding carboxylic acids is 1. The van der Waals surface area contributed by atoms with Crippen LogP contribution < -0.4 is 5.32 Å². The number of rotatable bonds is 3. The summed E-state index contributed by atoms with van der Waals surface area (Å²) in [6.45, 7) is 5.01. The summed E-state index contributed by atoms with van der Waals surface area (Å²) in [5.74, 6) is 0. The predicted octanol–water partition coefficient (Wildman–Crippen LogP) is 1.42. The molecule has 2 saturated heterocycles. The van der Waals surface area contributed by atoms with Crippen molar-refractivity contribution in [3.05, 3.63) is 24.3 Å². The van der Waals surface area contributed by atoms with Crippen LogP contribution in [0.3, 0.4) is 0 Å². The highest BCUT2D eigenvalue weighted by molar-refractivity contribution is 7.90. The van der Waals surface area contributed by atoms with Crippen molar-refractivity contribution in [3.63, 3.8) is 0 Å². The van der Waals surface area contributed by atoms with Gasteiger partial charge in [0.2, 0.25) is 0 Å². The van der Waals surface area contributed by atoms with E-state index in [1.54, 1.807) is 12.1 Å². The summed E-state index contributed by atoms with van der Waals surface area (Å²) in [5.41, 5.74) is 0.604. The van der Waals surface area contributed by atoms with Gasteiger partial charge in [-0.3, -0.25) is 4.90 Å². The normalized spacial score (nSPS) is 20.4. The molecule has 138 valence electrons. The Morgan fingerprint density at radius 2 is 1.68 bits per heavy atom. The molecule has 2 fully saturated rings. The van der Waals surface area contributed by atoms with Crippen LogP contribution in [0.4, 0.5) is 10.5 Å². The lowest BCUT2D eigenvalue weighted by Crippen LogP contribution is -2.50. The Bertz CT molecular complexity index is 691. The molecular formula is C17H25N3O4S. The van der Waals surface area contributed by atoms with Gasteiger partial charge in [0, 0.05) is 44.2 Å². The summed E-state index contributed by atoms with van der Waals surface area (Å²) < 4.78 is 28.3. The third kappa shape index (κ3) is 4.71. The second kappa shape index (κ2) is 7.72. The Morgan fingerprint density at radius 1 is 1.08 bits per heavy atom. The van der Waals surface area contributed by atoms with E-state index in [9.17, 15) is 13.2 Å². The van der Waals surface area contributed by atoms with Crippen molar-refractivity contribution in [1.82, 2.24) is 9.80 Å². The third-order valence-corrected chi connectivity index (χ3v) is 5.98. The van der Waals surface area contributed by atoms with Gasteiger partial charge in [0.15, 0.2) is 9.84 Å². The monoisotopic (exact) mass is 367 g/mol. The third-order valence-electron chi connectivity index (χ3n) is 4.85. The minimum absolute atomic E-state index is 0.132. The number of anilines is 1. The van der Waals surface area contributed by atoms with E-state index in [2.05, 4.69) is 10.2 Å². The first-order valence-electron chi connectivity index (χ1n) is 8.61. The molecule has 1 aromatic rings. The zero-order chi connectivity index (χ0) is 17.9. The van der Waals surface area contributed by atoms with Crippen molar-refractivity contribution in [1.29, 1.82) is 0 Å². The fraction of sp³-hybridized carbons (Fsp3) is 0.588. The Morgan fingerprint density at radius 3 is 2.24 bits per heavy atom. The Labute approximate surface area is 148 Å². The predicted molar refractivity (Wildman–Crippen MR) is 95.6 cm³/mol. The summed E-state index contributed by atoms with van der Waals surface area (Å²) in [6.07, 6.45) is 3.11. The fourth-order valence-corrected chi connectivity index (χ4v) is 4.00. The maximum absolute atomic E-state index is 12.4. The molecule has 0 spiro atoms. The number of sulfone groups is 1. The summed E-state index contributed by atoms with van der Waals surface area (Å²) in [7, 11) is -3.22. The average Bonchev–Trinajstić information content (AvgIpc) is 2.62. The van der Waals surface area contributed by atoms with Crippen LogP contribution in [0.15, 0.2) is 29.2 Å². The van der Waals surface area contributed by atoms with Gasteiger partial charge in [-0.2, -0.15) is 0 Å². The topological polar surface area (TPSA) is 79.0 Å². The first-order valence-corrected chi connectivity index (χ1v) is 10.5. The van der Waals surface area contributed by atoms with Crippen molar-refractivity contribution < 1.29 is 17.9 Å². The van der Waals surface area contributed by atoms with Gasteiger partial charge < -0.3 is 15.0 Å². The molecule has 0 saturated carbocycles. The van der Waals surface area contributed by atoms with E-state index in [4.69, 9.17) is 4.74 Å². The van der Waals surface area contributed by atoms with Crippen molar-refractivity contribution in [2.24, 2.45) is 0 Å². The van der Waals surface area contributed by atoms with E-state index >= 15 is 0 Å². The molecule has 2 amide bonds. The number of nitrogens with zero attached hydrogens (tertiary/aromatic N) is 2. The summed E-state index contributed by atoms with van der Waals surface area (Å²) in [5, 5.41) is 2.84. The molecule has 1 aromatic carbocycles. The van der Waals surface area contributed by atoms with E-state index in [0.29, 0.717) is 11.7 Å². The molecule has 7 nitrogen and oxygen atoms in total. The highest BCUT2D eigenvalue weighted by Crippen LogP contribution is 2.19. The van der Waals surface area contributed by atoms with Crippen molar-refractivity contribution in [2.75, 3.05) is 51.0 Å². The SMILES string of the molecule is CS(=O)(=O)c1ccc(NC(=O)N2CCC(N3CCOCC3)CC2)cc1. The molecule has 3 rings (SSSR count). The first kappa shape index (κ1) is 18.2. The molecule has 8 heteroatoms. The molecule has 0 aliphatic carbocycles. The van der Waals surface area contributed by atoms with E-state index in [1.165, 1.54) is 18.4 Å². The number of hydrogen-bond donors (Lipinski definition) is 1. The highest BCUT2D eigenvalue weighted by atomic mass is 32.2. The van der Waals surface area contributed by atoms with Crippen molar-refractivity contribution in [3.8, 4) is 0 Å². The van der Waals surface area contributed by atoms with Crippen LogP contribution in [0.1, 0.15) is 12.8 Å². The zero-order valence-corrected chi connectivity index (χ0v) is 15.3. The standard InChI is InChI=1S/C17H25N3O4S/c1-25(22,23)16-4-2-14(3-5-16)18-17(21)20-8-6-15(7-9-20)19-10-12-24-13-11-19/h2-5,15H,6-13H2,1H3,(H,18,21). The number of carbonyl (C=O) groups is 1. The van der Waals surface area contributed by atoms with Crippen LogP contribution in [-0.2, 0) is 14.6 Å². The second-order valence-electron chi connectivity index (χ2n) is 6.59. The largest absolute Gasteiger partial charge is 0.379 e. The van der Waals surface area contributed by atoms with Crippen LogP contribution in [0.5, 0.6) is 0 Å². The minimum Gasteiger partial charge on any atom is -0.379 e. The maximum Gasteiger partial charge on any atom is 0.321 e. The van der Waals surface area contributed by atoms with Gasteiger partial charge in [-0.1, -0.05) is 0 Å². The second-order valence-corrected chi connectivity index (χ2v) is 8.61.